The van der Waals surface area contributed by atoms with Gasteiger partial charge >= 0.3 is 0 Å². The molecule has 4 nitrogen and oxygen atoms in total. The fraction of sp³-hybridized carbons (Fsp3) is 0.350. The van der Waals surface area contributed by atoms with Crippen LogP contribution in [0.25, 0.3) is 0 Å². The maximum Gasteiger partial charge on any atom is 0.262 e. The Labute approximate surface area is 143 Å². The lowest BCUT2D eigenvalue weighted by molar-refractivity contribution is -0.118. The Balaban J connectivity index is 1.87. The van der Waals surface area contributed by atoms with Gasteiger partial charge in [0.25, 0.3) is 5.91 Å². The lowest BCUT2D eigenvalue weighted by atomic mass is 10.1. The minimum atomic E-state index is -0.195. The summed E-state index contributed by atoms with van der Waals surface area (Å²) in [6, 6.07) is 13.6. The third kappa shape index (κ3) is 5.30. The van der Waals surface area contributed by atoms with Crippen LogP contribution in [0.5, 0.6) is 11.5 Å². The number of ether oxygens (including phenoxy) is 2. The Morgan fingerprint density at radius 3 is 2.50 bits per heavy atom. The Hall–Kier alpha value is -2.49. The lowest BCUT2D eigenvalue weighted by Crippen LogP contribution is -2.20. The van der Waals surface area contributed by atoms with Gasteiger partial charge in [0, 0.05) is 5.69 Å². The number of benzene rings is 2. The predicted octanol–water partition coefficient (Wildman–Crippen LogP) is 4.36. The first-order valence-corrected chi connectivity index (χ1v) is 8.28. The molecule has 1 N–H and O–H groups in total. The molecule has 0 aliphatic carbocycles. The van der Waals surface area contributed by atoms with Crippen LogP contribution >= 0.6 is 0 Å². The first kappa shape index (κ1) is 17.9. The lowest BCUT2D eigenvalue weighted by Gasteiger charge is -2.11. The molecule has 2 aromatic rings. The summed E-state index contributed by atoms with van der Waals surface area (Å²) in [5.41, 5.74) is 3.14. The van der Waals surface area contributed by atoms with Gasteiger partial charge < -0.3 is 14.8 Å². The van der Waals surface area contributed by atoms with E-state index in [4.69, 9.17) is 9.47 Å². The highest BCUT2D eigenvalue weighted by molar-refractivity contribution is 5.91. The van der Waals surface area contributed by atoms with Crippen molar-refractivity contribution in [3.63, 3.8) is 0 Å². The van der Waals surface area contributed by atoms with E-state index < -0.39 is 0 Å². The topological polar surface area (TPSA) is 47.6 Å². The van der Waals surface area contributed by atoms with Crippen LogP contribution in [0.3, 0.4) is 0 Å². The van der Waals surface area contributed by atoms with E-state index in [1.807, 2.05) is 37.3 Å². The maximum absolute atomic E-state index is 12.0. The fourth-order valence-electron chi connectivity index (χ4n) is 2.37. The minimum Gasteiger partial charge on any atom is -0.493 e. The summed E-state index contributed by atoms with van der Waals surface area (Å²) >= 11 is 0. The zero-order valence-electron chi connectivity index (χ0n) is 14.6. The molecule has 0 aliphatic heterocycles. The second-order valence-electron chi connectivity index (χ2n) is 5.79. The number of rotatable bonds is 8. The van der Waals surface area contributed by atoms with Crippen LogP contribution in [-0.2, 0) is 11.2 Å². The molecule has 0 aliphatic rings. The average Bonchev–Trinajstić information content (AvgIpc) is 2.60. The minimum absolute atomic E-state index is 0.0585. The molecule has 4 heteroatoms. The van der Waals surface area contributed by atoms with E-state index in [9.17, 15) is 4.79 Å². The van der Waals surface area contributed by atoms with E-state index >= 15 is 0 Å². The molecule has 0 saturated carbocycles. The van der Waals surface area contributed by atoms with Crippen molar-refractivity contribution in [2.24, 2.45) is 0 Å². The van der Waals surface area contributed by atoms with Crippen LogP contribution in [-0.4, -0.2) is 19.6 Å². The number of aryl methyl sites for hydroxylation is 2. The van der Waals surface area contributed by atoms with Crippen molar-refractivity contribution < 1.29 is 14.3 Å². The summed E-state index contributed by atoms with van der Waals surface area (Å²) in [5.74, 6) is 0.996. The summed E-state index contributed by atoms with van der Waals surface area (Å²) in [6.07, 6.45) is 3.43. The molecule has 2 aromatic carbocycles. The number of nitrogens with one attached hydrogen (secondary N) is 1. The molecule has 0 spiro atoms. The number of carbonyl (C=O) groups excluding carboxylic acids is 1. The molecule has 0 atom stereocenters. The van der Waals surface area contributed by atoms with Gasteiger partial charge in [0.15, 0.2) is 18.1 Å². The van der Waals surface area contributed by atoms with Gasteiger partial charge in [-0.3, -0.25) is 4.79 Å². The van der Waals surface area contributed by atoms with Crippen LogP contribution in [0.2, 0.25) is 0 Å². The third-order valence-corrected chi connectivity index (χ3v) is 3.73. The van der Waals surface area contributed by atoms with E-state index in [0.29, 0.717) is 11.5 Å². The van der Waals surface area contributed by atoms with E-state index in [-0.39, 0.29) is 12.5 Å². The van der Waals surface area contributed by atoms with Crippen molar-refractivity contribution in [3.05, 3.63) is 53.6 Å². The van der Waals surface area contributed by atoms with Crippen molar-refractivity contribution in [2.75, 3.05) is 19.0 Å². The molecule has 0 fully saturated rings. The van der Waals surface area contributed by atoms with Crippen molar-refractivity contribution in [2.45, 2.75) is 33.1 Å². The molecule has 0 saturated heterocycles. The fourth-order valence-corrected chi connectivity index (χ4v) is 2.37. The number of anilines is 1. The van der Waals surface area contributed by atoms with Crippen LogP contribution < -0.4 is 14.8 Å². The molecule has 0 unspecified atom stereocenters. The van der Waals surface area contributed by atoms with Gasteiger partial charge in [-0.1, -0.05) is 31.5 Å². The van der Waals surface area contributed by atoms with E-state index in [1.54, 1.807) is 7.11 Å². The van der Waals surface area contributed by atoms with Crippen LogP contribution in [0.15, 0.2) is 42.5 Å². The summed E-state index contributed by atoms with van der Waals surface area (Å²) in [6.45, 7) is 4.10. The van der Waals surface area contributed by atoms with Gasteiger partial charge in [0.1, 0.15) is 0 Å². The van der Waals surface area contributed by atoms with Crippen molar-refractivity contribution in [1.29, 1.82) is 0 Å². The number of amides is 1. The summed E-state index contributed by atoms with van der Waals surface area (Å²) in [5, 5.41) is 2.84. The van der Waals surface area contributed by atoms with Gasteiger partial charge in [-0.05, 0) is 55.2 Å². The smallest absolute Gasteiger partial charge is 0.262 e. The highest BCUT2D eigenvalue weighted by atomic mass is 16.5. The van der Waals surface area contributed by atoms with E-state index in [2.05, 4.69) is 24.4 Å². The number of methoxy groups -OCH3 is 1. The molecular formula is C20H25NO3. The van der Waals surface area contributed by atoms with Gasteiger partial charge in [0.2, 0.25) is 0 Å². The molecule has 1 amide bonds. The zero-order valence-corrected chi connectivity index (χ0v) is 14.6. The number of unbranched alkanes of at least 4 members (excludes halogenated alkanes) is 1. The summed E-state index contributed by atoms with van der Waals surface area (Å²) in [4.78, 5) is 12.0. The largest absolute Gasteiger partial charge is 0.493 e. The molecule has 128 valence electrons. The van der Waals surface area contributed by atoms with Crippen molar-refractivity contribution in [3.8, 4) is 11.5 Å². The Morgan fingerprint density at radius 1 is 1.08 bits per heavy atom. The Kier molecular flexibility index (Phi) is 6.67. The normalized spacial score (nSPS) is 10.3. The standard InChI is InChI=1S/C20H25NO3/c1-4-5-6-16-8-10-17(11-9-16)21-20(22)14-24-18-12-7-15(2)13-19(18)23-3/h7-13H,4-6,14H2,1-3H3,(H,21,22). The SMILES string of the molecule is CCCCc1ccc(NC(=O)COc2ccc(C)cc2OC)cc1. The van der Waals surface area contributed by atoms with Gasteiger partial charge in [0.05, 0.1) is 7.11 Å². The molecule has 0 bridgehead atoms. The van der Waals surface area contributed by atoms with Gasteiger partial charge in [-0.15, -0.1) is 0 Å². The first-order chi connectivity index (χ1) is 11.6. The predicted molar refractivity (Wildman–Crippen MR) is 96.9 cm³/mol. The molecule has 0 aromatic heterocycles. The second-order valence-corrected chi connectivity index (χ2v) is 5.79. The Morgan fingerprint density at radius 2 is 1.83 bits per heavy atom. The first-order valence-electron chi connectivity index (χ1n) is 8.28. The van der Waals surface area contributed by atoms with Crippen LogP contribution in [0.1, 0.15) is 30.9 Å². The summed E-state index contributed by atoms with van der Waals surface area (Å²) in [7, 11) is 1.59. The molecule has 2 rings (SSSR count). The van der Waals surface area contributed by atoms with Gasteiger partial charge in [-0.25, -0.2) is 0 Å². The molecular weight excluding hydrogens is 302 g/mol. The van der Waals surface area contributed by atoms with E-state index in [1.165, 1.54) is 18.4 Å². The monoisotopic (exact) mass is 327 g/mol. The zero-order chi connectivity index (χ0) is 17.4. The van der Waals surface area contributed by atoms with Crippen molar-refractivity contribution in [1.82, 2.24) is 0 Å². The Bertz CT molecular complexity index is 665. The van der Waals surface area contributed by atoms with Crippen LogP contribution in [0.4, 0.5) is 5.69 Å². The molecule has 0 heterocycles. The van der Waals surface area contributed by atoms with Crippen LogP contribution in [0, 0.1) is 6.92 Å². The number of hydrogen-bond donors (Lipinski definition) is 1. The number of hydrogen-bond acceptors (Lipinski definition) is 3. The highest BCUT2D eigenvalue weighted by Crippen LogP contribution is 2.27. The van der Waals surface area contributed by atoms with Crippen molar-refractivity contribution >= 4 is 11.6 Å². The maximum atomic E-state index is 12.0. The molecule has 24 heavy (non-hydrogen) atoms. The summed E-state index contributed by atoms with van der Waals surface area (Å²) < 4.78 is 10.8. The quantitative estimate of drug-likeness (QED) is 0.783. The third-order valence-electron chi connectivity index (χ3n) is 3.73. The molecule has 0 radical (unpaired) electrons. The van der Waals surface area contributed by atoms with Gasteiger partial charge in [-0.2, -0.15) is 0 Å². The second kappa shape index (κ2) is 8.96. The highest BCUT2D eigenvalue weighted by Gasteiger charge is 2.08. The average molecular weight is 327 g/mol. The van der Waals surface area contributed by atoms with E-state index in [0.717, 1.165) is 17.7 Å². The number of carbonyl (C=O) groups is 1.